The van der Waals surface area contributed by atoms with Gasteiger partial charge < -0.3 is 14.2 Å². The van der Waals surface area contributed by atoms with E-state index in [0.717, 1.165) is 57.8 Å². The Hall–Kier alpha value is -1.85. The lowest BCUT2D eigenvalue weighted by molar-refractivity contribution is -0.167. The lowest BCUT2D eigenvalue weighted by Gasteiger charge is -2.18. The summed E-state index contributed by atoms with van der Waals surface area (Å²) in [4.78, 5) is 38.0. The fraction of sp³-hybridized carbons (Fsp3) is 0.919. The second-order valence-electron chi connectivity index (χ2n) is 21.0. The molecule has 6 nitrogen and oxygen atoms in total. The number of carbonyl (C=O) groups is 3. The molecule has 0 aliphatic rings. The number of hydrogen-bond donors (Lipinski definition) is 0. The molecule has 0 bridgehead atoms. The first kappa shape index (κ1) is 66.2. The molecule has 0 N–H and O–H groups in total. The lowest BCUT2D eigenvalue weighted by atomic mass is 10.0. The van der Waals surface area contributed by atoms with Crippen LogP contribution in [0.25, 0.3) is 0 Å². The third-order valence-electron chi connectivity index (χ3n) is 14.0. The Balaban J connectivity index is 4.03. The maximum atomic E-state index is 12.8. The zero-order chi connectivity index (χ0) is 49.3. The average Bonchev–Trinajstić information content (AvgIpc) is 3.34. The number of carbonyl (C=O) groups excluding carboxylic acids is 3. The third kappa shape index (κ3) is 55.1. The van der Waals surface area contributed by atoms with Crippen LogP contribution < -0.4 is 0 Å². The van der Waals surface area contributed by atoms with Crippen molar-refractivity contribution in [1.82, 2.24) is 0 Å². The van der Waals surface area contributed by atoms with Crippen molar-refractivity contribution in [3.63, 3.8) is 0 Å². The standard InChI is InChI=1S/C62H118O6/c1-4-7-10-13-16-18-20-22-24-26-27-28-29-30-31-32-33-34-35-36-38-39-41-43-46-49-52-55-61(64)67-58-59(57-66-60(63)54-51-48-45-15-12-9-6-3)68-62(65)56-53-50-47-44-42-40-37-25-23-21-19-17-14-11-8-5-2/h26-27,59H,4-25,28-58H2,1-3H3/b27-26-. The van der Waals surface area contributed by atoms with E-state index in [-0.39, 0.29) is 31.1 Å². The van der Waals surface area contributed by atoms with Crippen LogP contribution in [0.4, 0.5) is 0 Å². The zero-order valence-corrected chi connectivity index (χ0v) is 46.2. The second kappa shape index (κ2) is 57.7. The summed E-state index contributed by atoms with van der Waals surface area (Å²) in [5.74, 6) is -0.846. The predicted molar refractivity (Wildman–Crippen MR) is 293 cm³/mol. The molecular formula is C62H118O6. The highest BCUT2D eigenvalue weighted by molar-refractivity contribution is 5.71. The van der Waals surface area contributed by atoms with Crippen molar-refractivity contribution in [3.8, 4) is 0 Å². The Labute approximate surface area is 424 Å². The third-order valence-corrected chi connectivity index (χ3v) is 14.0. The minimum atomic E-state index is -0.762. The second-order valence-corrected chi connectivity index (χ2v) is 21.0. The highest BCUT2D eigenvalue weighted by Gasteiger charge is 2.19. The van der Waals surface area contributed by atoms with Crippen LogP contribution in [0.5, 0.6) is 0 Å². The number of esters is 3. The molecule has 0 saturated heterocycles. The average molecular weight is 960 g/mol. The summed E-state index contributed by atoms with van der Waals surface area (Å²) in [6.45, 7) is 6.66. The maximum Gasteiger partial charge on any atom is 0.306 e. The van der Waals surface area contributed by atoms with Gasteiger partial charge in [0.2, 0.25) is 0 Å². The highest BCUT2D eigenvalue weighted by atomic mass is 16.6. The summed E-state index contributed by atoms with van der Waals surface area (Å²) in [7, 11) is 0. The smallest absolute Gasteiger partial charge is 0.306 e. The number of ether oxygens (including phenoxy) is 3. The summed E-state index contributed by atoms with van der Waals surface area (Å²) < 4.78 is 16.8. The van der Waals surface area contributed by atoms with Gasteiger partial charge in [0.1, 0.15) is 13.2 Å². The Bertz CT molecular complexity index is 1060. The molecule has 0 saturated carbocycles. The summed E-state index contributed by atoms with van der Waals surface area (Å²) in [6, 6.07) is 0. The van der Waals surface area contributed by atoms with Crippen molar-refractivity contribution >= 4 is 17.9 Å². The van der Waals surface area contributed by atoms with Crippen LogP contribution in [0.15, 0.2) is 12.2 Å². The van der Waals surface area contributed by atoms with Crippen LogP contribution in [-0.4, -0.2) is 37.2 Å². The first-order valence-electron chi connectivity index (χ1n) is 30.7. The largest absolute Gasteiger partial charge is 0.462 e. The van der Waals surface area contributed by atoms with Crippen LogP contribution in [0, 0.1) is 0 Å². The van der Waals surface area contributed by atoms with Gasteiger partial charge in [0, 0.05) is 19.3 Å². The van der Waals surface area contributed by atoms with E-state index in [2.05, 4.69) is 32.9 Å². The summed E-state index contributed by atoms with van der Waals surface area (Å²) in [6.07, 6.45) is 66.7. The monoisotopic (exact) mass is 959 g/mol. The summed E-state index contributed by atoms with van der Waals surface area (Å²) in [5, 5.41) is 0. The van der Waals surface area contributed by atoms with Gasteiger partial charge in [0.15, 0.2) is 6.10 Å². The molecule has 68 heavy (non-hydrogen) atoms. The van der Waals surface area contributed by atoms with E-state index in [1.54, 1.807) is 0 Å². The van der Waals surface area contributed by atoms with Gasteiger partial charge in [-0.1, -0.05) is 296 Å². The normalized spacial score (nSPS) is 12.0. The van der Waals surface area contributed by atoms with E-state index in [1.165, 1.54) is 250 Å². The highest BCUT2D eigenvalue weighted by Crippen LogP contribution is 2.18. The van der Waals surface area contributed by atoms with Crippen LogP contribution >= 0.6 is 0 Å². The first-order valence-corrected chi connectivity index (χ1v) is 30.7. The molecule has 0 aromatic rings. The van der Waals surface area contributed by atoms with E-state index in [0.29, 0.717) is 19.3 Å². The van der Waals surface area contributed by atoms with Gasteiger partial charge in [-0.15, -0.1) is 0 Å². The van der Waals surface area contributed by atoms with Gasteiger partial charge in [-0.2, -0.15) is 0 Å². The molecule has 0 spiro atoms. The number of rotatable bonds is 57. The Morgan fingerprint density at radius 3 is 0.735 bits per heavy atom. The quantitative estimate of drug-likeness (QED) is 0.0262. The van der Waals surface area contributed by atoms with Gasteiger partial charge in [-0.3, -0.25) is 14.4 Å². The lowest BCUT2D eigenvalue weighted by Crippen LogP contribution is -2.30. The fourth-order valence-corrected chi connectivity index (χ4v) is 9.38. The number of allylic oxidation sites excluding steroid dienone is 2. The van der Waals surface area contributed by atoms with Crippen LogP contribution in [0.2, 0.25) is 0 Å². The molecule has 0 fully saturated rings. The van der Waals surface area contributed by atoms with Crippen LogP contribution in [-0.2, 0) is 28.6 Å². The predicted octanol–water partition coefficient (Wildman–Crippen LogP) is 20.5. The summed E-state index contributed by atoms with van der Waals surface area (Å²) in [5.41, 5.74) is 0. The molecule has 0 heterocycles. The molecule has 1 atom stereocenters. The van der Waals surface area contributed by atoms with Crippen molar-refractivity contribution in [2.75, 3.05) is 13.2 Å². The van der Waals surface area contributed by atoms with E-state index in [9.17, 15) is 14.4 Å². The van der Waals surface area contributed by atoms with Crippen molar-refractivity contribution in [1.29, 1.82) is 0 Å². The molecule has 0 radical (unpaired) electrons. The van der Waals surface area contributed by atoms with Crippen LogP contribution in [0.3, 0.4) is 0 Å². The van der Waals surface area contributed by atoms with E-state index < -0.39 is 6.10 Å². The maximum absolute atomic E-state index is 12.8. The van der Waals surface area contributed by atoms with Gasteiger partial charge in [-0.25, -0.2) is 0 Å². The molecule has 0 amide bonds. The SMILES string of the molecule is CCCCCCCCCC/C=C\CCCCCCCCCCCCCCCCCC(=O)OCC(COC(=O)CCCCCCCCC)OC(=O)CCCCCCCCCCCCCCCCCC. The molecular weight excluding hydrogens is 841 g/mol. The van der Waals surface area contributed by atoms with Gasteiger partial charge in [-0.05, 0) is 44.9 Å². The Kier molecular flexibility index (Phi) is 56.2. The summed E-state index contributed by atoms with van der Waals surface area (Å²) >= 11 is 0. The molecule has 0 aromatic heterocycles. The first-order chi connectivity index (χ1) is 33.5. The van der Waals surface area contributed by atoms with Crippen molar-refractivity contribution in [2.45, 2.75) is 354 Å². The Morgan fingerprint density at radius 1 is 0.279 bits per heavy atom. The molecule has 0 aromatic carbocycles. The van der Waals surface area contributed by atoms with Crippen molar-refractivity contribution in [3.05, 3.63) is 12.2 Å². The van der Waals surface area contributed by atoms with Crippen LogP contribution in [0.1, 0.15) is 348 Å². The van der Waals surface area contributed by atoms with E-state index in [4.69, 9.17) is 14.2 Å². The number of unbranched alkanes of at least 4 members (excludes halogenated alkanes) is 44. The number of hydrogen-bond acceptors (Lipinski definition) is 6. The van der Waals surface area contributed by atoms with Crippen molar-refractivity contribution in [2.24, 2.45) is 0 Å². The van der Waals surface area contributed by atoms with Gasteiger partial charge in [0.05, 0.1) is 0 Å². The van der Waals surface area contributed by atoms with Crippen molar-refractivity contribution < 1.29 is 28.6 Å². The molecule has 0 aliphatic carbocycles. The topological polar surface area (TPSA) is 78.9 Å². The molecule has 6 heteroatoms. The minimum absolute atomic E-state index is 0.0639. The Morgan fingerprint density at radius 2 is 0.485 bits per heavy atom. The van der Waals surface area contributed by atoms with Gasteiger partial charge in [0.25, 0.3) is 0 Å². The van der Waals surface area contributed by atoms with Gasteiger partial charge >= 0.3 is 17.9 Å². The van der Waals surface area contributed by atoms with E-state index >= 15 is 0 Å². The molecule has 0 aliphatic heterocycles. The fourth-order valence-electron chi connectivity index (χ4n) is 9.38. The zero-order valence-electron chi connectivity index (χ0n) is 46.2. The minimum Gasteiger partial charge on any atom is -0.462 e. The molecule has 1 unspecified atom stereocenters. The molecule has 0 rings (SSSR count). The van der Waals surface area contributed by atoms with E-state index in [1.807, 2.05) is 0 Å². The molecule has 402 valence electrons.